The van der Waals surface area contributed by atoms with Crippen LogP contribution in [0.25, 0.3) is 0 Å². The van der Waals surface area contributed by atoms with E-state index in [2.05, 4.69) is 60.0 Å². The van der Waals surface area contributed by atoms with Crippen LogP contribution in [-0.2, 0) is 6.54 Å². The molecule has 0 spiro atoms. The second-order valence-corrected chi connectivity index (χ2v) is 6.81. The van der Waals surface area contributed by atoms with Crippen molar-refractivity contribution >= 4 is 5.69 Å². The minimum Gasteiger partial charge on any atom is -0.369 e. The molecule has 0 unspecified atom stereocenters. The van der Waals surface area contributed by atoms with Gasteiger partial charge in [0.1, 0.15) is 0 Å². The summed E-state index contributed by atoms with van der Waals surface area (Å²) in [4.78, 5) is 17.1. The highest BCUT2D eigenvalue weighted by Gasteiger charge is 2.17. The molecule has 1 saturated heterocycles. The molecule has 2 aromatic carbocycles. The van der Waals surface area contributed by atoms with Gasteiger partial charge in [0, 0.05) is 44.0 Å². The molecule has 3 nitrogen and oxygen atoms in total. The first kappa shape index (κ1) is 16.7. The van der Waals surface area contributed by atoms with Crippen LogP contribution < -0.4 is 10.3 Å². The zero-order valence-electron chi connectivity index (χ0n) is 14.6. The molecule has 126 valence electrons. The average molecular weight is 322 g/mol. The summed E-state index contributed by atoms with van der Waals surface area (Å²) < 4.78 is 0. The van der Waals surface area contributed by atoms with Crippen molar-refractivity contribution in [3.63, 3.8) is 0 Å². The second kappa shape index (κ2) is 7.63. The molecule has 3 heteroatoms. The molecule has 0 N–H and O–H groups in total. The largest absolute Gasteiger partial charge is 0.369 e. The van der Waals surface area contributed by atoms with Crippen molar-refractivity contribution in [3.05, 3.63) is 75.9 Å². The van der Waals surface area contributed by atoms with Gasteiger partial charge in [-0.05, 0) is 29.7 Å². The van der Waals surface area contributed by atoms with Gasteiger partial charge in [0.15, 0.2) is 5.43 Å². The van der Waals surface area contributed by atoms with Gasteiger partial charge < -0.3 is 4.90 Å². The van der Waals surface area contributed by atoms with E-state index in [0.717, 1.165) is 38.3 Å². The van der Waals surface area contributed by atoms with Crippen LogP contribution in [0.15, 0.2) is 59.4 Å². The van der Waals surface area contributed by atoms with E-state index in [-0.39, 0.29) is 5.43 Å². The van der Waals surface area contributed by atoms with Gasteiger partial charge in [-0.1, -0.05) is 50.2 Å². The van der Waals surface area contributed by atoms with Crippen LogP contribution in [0, 0.1) is 0 Å². The third kappa shape index (κ3) is 4.04. The predicted octanol–water partition coefficient (Wildman–Crippen LogP) is 3.49. The van der Waals surface area contributed by atoms with Gasteiger partial charge in [0.2, 0.25) is 0 Å². The Morgan fingerprint density at radius 2 is 1.54 bits per heavy atom. The zero-order valence-corrected chi connectivity index (χ0v) is 14.6. The maximum atomic E-state index is 12.3. The average Bonchev–Trinajstić information content (AvgIpc) is 2.79. The number of para-hydroxylation sites is 1. The summed E-state index contributed by atoms with van der Waals surface area (Å²) in [6.07, 6.45) is 0. The number of benzene rings is 1. The van der Waals surface area contributed by atoms with Gasteiger partial charge in [0.25, 0.3) is 0 Å². The standard InChI is InChI=1S/C21H26N2O/c1-17(2)18-8-9-19(21(24)11-10-18)16-22-12-14-23(15-13-22)20-6-4-3-5-7-20/h3-11,17H,12-16H2,1-2H3. The molecule has 0 amide bonds. The Morgan fingerprint density at radius 1 is 0.875 bits per heavy atom. The summed E-state index contributed by atoms with van der Waals surface area (Å²) >= 11 is 0. The molecule has 2 aromatic rings. The Bertz CT molecular complexity index is 719. The Kier molecular flexibility index (Phi) is 5.31. The van der Waals surface area contributed by atoms with Crippen LogP contribution >= 0.6 is 0 Å². The molecular weight excluding hydrogens is 296 g/mol. The quantitative estimate of drug-likeness (QED) is 0.861. The van der Waals surface area contributed by atoms with Crippen molar-refractivity contribution in [2.24, 2.45) is 0 Å². The Hall–Kier alpha value is -2.13. The predicted molar refractivity (Wildman–Crippen MR) is 101 cm³/mol. The van der Waals surface area contributed by atoms with E-state index in [1.54, 1.807) is 6.07 Å². The van der Waals surface area contributed by atoms with E-state index < -0.39 is 0 Å². The van der Waals surface area contributed by atoms with Crippen LogP contribution in [-0.4, -0.2) is 31.1 Å². The highest BCUT2D eigenvalue weighted by Crippen LogP contribution is 2.17. The molecular formula is C21H26N2O. The molecule has 1 aliphatic heterocycles. The first-order chi connectivity index (χ1) is 11.6. The number of anilines is 1. The van der Waals surface area contributed by atoms with Crippen molar-refractivity contribution in [1.29, 1.82) is 0 Å². The van der Waals surface area contributed by atoms with Gasteiger partial charge in [-0.3, -0.25) is 9.69 Å². The molecule has 1 aliphatic rings. The van der Waals surface area contributed by atoms with Crippen LogP contribution in [0.5, 0.6) is 0 Å². The fourth-order valence-corrected chi connectivity index (χ4v) is 3.17. The molecule has 1 heterocycles. The van der Waals surface area contributed by atoms with E-state index in [1.807, 2.05) is 12.1 Å². The lowest BCUT2D eigenvalue weighted by Gasteiger charge is -2.36. The van der Waals surface area contributed by atoms with Gasteiger partial charge in [0.05, 0.1) is 0 Å². The lowest BCUT2D eigenvalue weighted by molar-refractivity contribution is 0.249. The van der Waals surface area contributed by atoms with E-state index in [9.17, 15) is 4.79 Å². The minimum atomic E-state index is 0.146. The van der Waals surface area contributed by atoms with Crippen molar-refractivity contribution < 1.29 is 0 Å². The first-order valence-corrected chi connectivity index (χ1v) is 8.79. The van der Waals surface area contributed by atoms with Gasteiger partial charge in [-0.25, -0.2) is 0 Å². The lowest BCUT2D eigenvalue weighted by atomic mass is 10.1. The molecule has 24 heavy (non-hydrogen) atoms. The summed E-state index contributed by atoms with van der Waals surface area (Å²) in [6.45, 7) is 9.05. The molecule has 0 radical (unpaired) electrons. The van der Waals surface area contributed by atoms with Gasteiger partial charge in [-0.2, -0.15) is 0 Å². The Balaban J connectivity index is 1.64. The summed E-state index contributed by atoms with van der Waals surface area (Å²) in [7, 11) is 0. The maximum Gasteiger partial charge on any atom is 0.183 e. The van der Waals surface area contributed by atoms with Crippen molar-refractivity contribution in [2.45, 2.75) is 26.3 Å². The van der Waals surface area contributed by atoms with Crippen molar-refractivity contribution in [2.75, 3.05) is 31.1 Å². The van der Waals surface area contributed by atoms with E-state index >= 15 is 0 Å². The first-order valence-electron chi connectivity index (χ1n) is 8.79. The van der Waals surface area contributed by atoms with Crippen LogP contribution in [0.3, 0.4) is 0 Å². The molecule has 0 aliphatic carbocycles. The maximum absolute atomic E-state index is 12.3. The molecule has 0 saturated carbocycles. The van der Waals surface area contributed by atoms with Crippen molar-refractivity contribution in [1.82, 2.24) is 4.90 Å². The number of hydrogen-bond acceptors (Lipinski definition) is 3. The van der Waals surface area contributed by atoms with Crippen molar-refractivity contribution in [3.8, 4) is 0 Å². The number of nitrogens with zero attached hydrogens (tertiary/aromatic N) is 2. The molecule has 0 bridgehead atoms. The molecule has 0 atom stereocenters. The molecule has 1 fully saturated rings. The summed E-state index contributed by atoms with van der Waals surface area (Å²) in [5.74, 6) is 0.444. The number of rotatable bonds is 4. The van der Waals surface area contributed by atoms with Gasteiger partial charge in [-0.15, -0.1) is 0 Å². The smallest absolute Gasteiger partial charge is 0.183 e. The number of piperazine rings is 1. The topological polar surface area (TPSA) is 23.6 Å². The minimum absolute atomic E-state index is 0.146. The third-order valence-electron chi connectivity index (χ3n) is 4.77. The summed E-state index contributed by atoms with van der Waals surface area (Å²) in [5, 5.41) is 0. The van der Waals surface area contributed by atoms with Crippen LogP contribution in [0.4, 0.5) is 5.69 Å². The van der Waals surface area contributed by atoms with E-state index in [0.29, 0.717) is 5.92 Å². The fourth-order valence-electron chi connectivity index (χ4n) is 3.17. The normalized spacial score (nSPS) is 15.7. The number of hydrogen-bond donors (Lipinski definition) is 0. The highest BCUT2D eigenvalue weighted by molar-refractivity contribution is 5.46. The Morgan fingerprint density at radius 3 is 2.21 bits per heavy atom. The van der Waals surface area contributed by atoms with Crippen LogP contribution in [0.1, 0.15) is 30.9 Å². The van der Waals surface area contributed by atoms with Crippen LogP contribution in [0.2, 0.25) is 0 Å². The second-order valence-electron chi connectivity index (χ2n) is 6.81. The molecule has 3 rings (SSSR count). The monoisotopic (exact) mass is 322 g/mol. The SMILES string of the molecule is CC(C)c1ccc(CN2CCN(c3ccccc3)CC2)c(=O)cc1. The third-order valence-corrected chi connectivity index (χ3v) is 4.77. The highest BCUT2D eigenvalue weighted by atomic mass is 16.1. The summed E-state index contributed by atoms with van der Waals surface area (Å²) in [5.41, 5.74) is 3.55. The fraction of sp³-hybridized carbons (Fsp3) is 0.381. The lowest BCUT2D eigenvalue weighted by Crippen LogP contribution is -2.46. The van der Waals surface area contributed by atoms with Gasteiger partial charge >= 0.3 is 0 Å². The summed E-state index contributed by atoms with van der Waals surface area (Å²) in [6, 6.07) is 18.4. The van der Waals surface area contributed by atoms with E-state index in [4.69, 9.17) is 0 Å². The molecule has 0 aromatic heterocycles. The van der Waals surface area contributed by atoms with E-state index in [1.165, 1.54) is 11.3 Å². The Labute approximate surface area is 144 Å². The zero-order chi connectivity index (χ0) is 16.9.